The van der Waals surface area contributed by atoms with E-state index in [1.54, 1.807) is 0 Å². The lowest BCUT2D eigenvalue weighted by atomic mass is 10.6. The molecule has 0 aliphatic heterocycles. The summed E-state index contributed by atoms with van der Waals surface area (Å²) >= 11 is 3.03. The lowest BCUT2D eigenvalue weighted by Gasteiger charge is -1.93. The summed E-state index contributed by atoms with van der Waals surface area (Å²) in [5, 5.41) is 8.72. The van der Waals surface area contributed by atoms with Crippen LogP contribution in [0.3, 0.4) is 0 Å². The van der Waals surface area contributed by atoms with Crippen molar-refractivity contribution in [3.05, 3.63) is 10.8 Å². The highest BCUT2D eigenvalue weighted by Gasteiger charge is 1.97. The third-order valence-corrected chi connectivity index (χ3v) is 1.13. The molecule has 0 atom stereocenters. The van der Waals surface area contributed by atoms with Gasteiger partial charge in [0.05, 0.1) is 6.20 Å². The van der Waals surface area contributed by atoms with Crippen molar-refractivity contribution in [2.75, 3.05) is 5.73 Å². The van der Waals surface area contributed by atoms with Gasteiger partial charge in [-0.25, -0.2) is 9.97 Å². The van der Waals surface area contributed by atoms with E-state index < -0.39 is 0 Å². The number of hydrogen-bond donors (Lipinski definition) is 2. The van der Waals surface area contributed by atoms with E-state index in [-0.39, 0.29) is 11.7 Å². The van der Waals surface area contributed by atoms with Gasteiger partial charge in [-0.1, -0.05) is 0 Å². The maximum absolute atomic E-state index is 8.72. The third kappa shape index (κ3) is 1.29. The first kappa shape index (κ1) is 6.28. The number of aromatic hydroxyl groups is 1. The van der Waals surface area contributed by atoms with Crippen LogP contribution < -0.4 is 5.73 Å². The monoisotopic (exact) mass is 189 g/mol. The number of nitrogen functional groups attached to an aromatic ring is 1. The van der Waals surface area contributed by atoms with Gasteiger partial charge in [0.2, 0.25) is 0 Å². The Morgan fingerprint density at radius 3 is 2.78 bits per heavy atom. The van der Waals surface area contributed by atoms with Crippen molar-refractivity contribution in [2.24, 2.45) is 0 Å². The zero-order valence-electron chi connectivity index (χ0n) is 4.37. The van der Waals surface area contributed by atoms with E-state index in [1.807, 2.05) is 0 Å². The van der Waals surface area contributed by atoms with E-state index in [2.05, 4.69) is 25.9 Å². The van der Waals surface area contributed by atoms with Gasteiger partial charge in [-0.2, -0.15) is 0 Å². The van der Waals surface area contributed by atoms with Crippen LogP contribution in [0, 0.1) is 0 Å². The number of aromatic nitrogens is 2. The molecule has 48 valence electrons. The molecular formula is C4H4BrN3O. The number of halogens is 1. The van der Waals surface area contributed by atoms with Crippen LogP contribution in [0.1, 0.15) is 0 Å². The van der Waals surface area contributed by atoms with E-state index in [4.69, 9.17) is 10.8 Å². The quantitative estimate of drug-likeness (QED) is 0.625. The number of rotatable bonds is 0. The molecule has 0 saturated heterocycles. The van der Waals surface area contributed by atoms with Gasteiger partial charge in [-0.05, 0) is 15.9 Å². The molecule has 0 aliphatic rings. The van der Waals surface area contributed by atoms with Crippen molar-refractivity contribution in [3.63, 3.8) is 0 Å². The van der Waals surface area contributed by atoms with Crippen molar-refractivity contribution in [3.8, 4) is 5.88 Å². The molecule has 0 unspecified atom stereocenters. The van der Waals surface area contributed by atoms with Crippen molar-refractivity contribution in [1.82, 2.24) is 9.97 Å². The molecule has 0 aliphatic carbocycles. The first-order valence-electron chi connectivity index (χ1n) is 2.17. The fourth-order valence-corrected chi connectivity index (χ4v) is 0.668. The second-order valence-electron chi connectivity index (χ2n) is 1.40. The molecule has 0 saturated carbocycles. The summed E-state index contributed by atoms with van der Waals surface area (Å²) in [6.45, 7) is 0. The maximum Gasteiger partial charge on any atom is 0.254 e. The molecule has 1 aromatic rings. The molecule has 4 nitrogen and oxygen atoms in total. The Labute approximate surface area is 59.9 Å². The van der Waals surface area contributed by atoms with E-state index in [0.29, 0.717) is 4.60 Å². The molecule has 0 aromatic carbocycles. The Hall–Kier alpha value is -0.840. The maximum atomic E-state index is 8.72. The highest BCUT2D eigenvalue weighted by Crippen LogP contribution is 2.14. The Morgan fingerprint density at radius 2 is 2.33 bits per heavy atom. The van der Waals surface area contributed by atoms with E-state index in [1.165, 1.54) is 6.20 Å². The predicted molar refractivity (Wildman–Crippen MR) is 35.8 cm³/mol. The van der Waals surface area contributed by atoms with Gasteiger partial charge in [-0.3, -0.25) is 0 Å². The Kier molecular flexibility index (Phi) is 1.52. The second kappa shape index (κ2) is 2.18. The van der Waals surface area contributed by atoms with Gasteiger partial charge in [0.25, 0.3) is 5.88 Å². The summed E-state index contributed by atoms with van der Waals surface area (Å²) in [4.78, 5) is 7.15. The smallest absolute Gasteiger partial charge is 0.254 e. The number of anilines is 1. The summed E-state index contributed by atoms with van der Waals surface area (Å²) < 4.78 is 0.512. The molecule has 0 spiro atoms. The van der Waals surface area contributed by atoms with Crippen LogP contribution in [0.25, 0.3) is 0 Å². The standard InChI is InChI=1S/C4H4BrN3O/c5-2-1-7-4(9)3(6)8-2/h1H,(H2,6,8)(H,7,9). The summed E-state index contributed by atoms with van der Waals surface area (Å²) in [6, 6.07) is 0. The van der Waals surface area contributed by atoms with Gasteiger partial charge >= 0.3 is 0 Å². The number of nitrogens with zero attached hydrogens (tertiary/aromatic N) is 2. The first-order chi connectivity index (χ1) is 4.20. The van der Waals surface area contributed by atoms with Gasteiger partial charge < -0.3 is 10.8 Å². The highest BCUT2D eigenvalue weighted by atomic mass is 79.9. The van der Waals surface area contributed by atoms with E-state index in [9.17, 15) is 0 Å². The fourth-order valence-electron chi connectivity index (χ4n) is 0.374. The molecule has 0 fully saturated rings. The molecule has 1 aromatic heterocycles. The van der Waals surface area contributed by atoms with Crippen LogP contribution in [0.4, 0.5) is 5.82 Å². The van der Waals surface area contributed by atoms with Crippen LogP contribution in [-0.2, 0) is 0 Å². The minimum absolute atomic E-state index is 0.0318. The van der Waals surface area contributed by atoms with Crippen molar-refractivity contribution in [2.45, 2.75) is 0 Å². The molecule has 0 bridgehead atoms. The van der Waals surface area contributed by atoms with E-state index >= 15 is 0 Å². The van der Waals surface area contributed by atoms with Gasteiger partial charge in [0.1, 0.15) is 4.60 Å². The number of hydrogen-bond acceptors (Lipinski definition) is 4. The summed E-state index contributed by atoms with van der Waals surface area (Å²) in [7, 11) is 0. The SMILES string of the molecule is Nc1nc(Br)cnc1O. The average molecular weight is 190 g/mol. The Balaban J connectivity index is 3.17. The van der Waals surface area contributed by atoms with Crippen LogP contribution in [-0.4, -0.2) is 15.1 Å². The van der Waals surface area contributed by atoms with Crippen LogP contribution >= 0.6 is 15.9 Å². The lowest BCUT2D eigenvalue weighted by Crippen LogP contribution is -1.92. The molecule has 1 heterocycles. The zero-order chi connectivity index (χ0) is 6.85. The summed E-state index contributed by atoms with van der Waals surface area (Å²) in [6.07, 6.45) is 1.37. The molecular weight excluding hydrogens is 186 g/mol. The zero-order valence-corrected chi connectivity index (χ0v) is 5.96. The average Bonchev–Trinajstić information content (AvgIpc) is 1.80. The van der Waals surface area contributed by atoms with Gasteiger partial charge in [0.15, 0.2) is 5.82 Å². The van der Waals surface area contributed by atoms with Crippen LogP contribution in [0.5, 0.6) is 5.88 Å². The topological polar surface area (TPSA) is 72.0 Å². The first-order valence-corrected chi connectivity index (χ1v) is 2.96. The van der Waals surface area contributed by atoms with Gasteiger partial charge in [0, 0.05) is 0 Å². The minimum atomic E-state index is -0.238. The molecule has 0 radical (unpaired) electrons. The van der Waals surface area contributed by atoms with Crippen LogP contribution in [0.15, 0.2) is 10.8 Å². The second-order valence-corrected chi connectivity index (χ2v) is 2.21. The lowest BCUT2D eigenvalue weighted by molar-refractivity contribution is 0.453. The number of nitrogens with two attached hydrogens (primary N) is 1. The molecule has 3 N–H and O–H groups in total. The minimum Gasteiger partial charge on any atom is -0.491 e. The molecule has 9 heavy (non-hydrogen) atoms. The normalized spacial score (nSPS) is 9.44. The summed E-state index contributed by atoms with van der Waals surface area (Å²) in [5.74, 6) is -0.206. The highest BCUT2D eigenvalue weighted by molar-refractivity contribution is 9.10. The third-order valence-electron chi connectivity index (χ3n) is 0.750. The Bertz CT molecular complexity index is 227. The molecule has 0 amide bonds. The van der Waals surface area contributed by atoms with Crippen molar-refractivity contribution >= 4 is 21.7 Å². The molecule has 1 rings (SSSR count). The van der Waals surface area contributed by atoms with Crippen molar-refractivity contribution in [1.29, 1.82) is 0 Å². The van der Waals surface area contributed by atoms with Gasteiger partial charge in [-0.15, -0.1) is 0 Å². The summed E-state index contributed by atoms with van der Waals surface area (Å²) in [5.41, 5.74) is 5.17. The predicted octanol–water partition coefficient (Wildman–Crippen LogP) is 0.527. The largest absolute Gasteiger partial charge is 0.491 e. The van der Waals surface area contributed by atoms with Crippen LogP contribution in [0.2, 0.25) is 0 Å². The van der Waals surface area contributed by atoms with E-state index in [0.717, 1.165) is 0 Å². The fraction of sp³-hybridized carbons (Fsp3) is 0. The Morgan fingerprint density at radius 1 is 1.67 bits per heavy atom. The van der Waals surface area contributed by atoms with Crippen molar-refractivity contribution < 1.29 is 5.11 Å². The molecule has 5 heteroatoms.